The van der Waals surface area contributed by atoms with Gasteiger partial charge in [0.1, 0.15) is 0 Å². The van der Waals surface area contributed by atoms with Crippen LogP contribution in [0, 0.1) is 6.92 Å². The first-order chi connectivity index (χ1) is 11.6. The van der Waals surface area contributed by atoms with Crippen molar-refractivity contribution in [2.24, 2.45) is 0 Å². The SMILES string of the molecule is Cc1cccc(C(=O)NCC(=O)N2CCC[C@@H]2c2ccccc2)c1. The van der Waals surface area contributed by atoms with Gasteiger partial charge < -0.3 is 10.2 Å². The number of nitrogens with zero attached hydrogens (tertiary/aromatic N) is 1. The lowest BCUT2D eigenvalue weighted by Crippen LogP contribution is -2.39. The van der Waals surface area contributed by atoms with E-state index in [1.54, 1.807) is 6.07 Å². The molecule has 124 valence electrons. The zero-order chi connectivity index (χ0) is 16.9. The maximum atomic E-state index is 12.5. The molecule has 2 aromatic carbocycles. The predicted molar refractivity (Wildman–Crippen MR) is 93.6 cm³/mol. The van der Waals surface area contributed by atoms with Crippen molar-refractivity contribution >= 4 is 11.8 Å². The van der Waals surface area contributed by atoms with Crippen LogP contribution in [0.2, 0.25) is 0 Å². The Labute approximate surface area is 142 Å². The highest BCUT2D eigenvalue weighted by Gasteiger charge is 2.29. The highest BCUT2D eigenvalue weighted by atomic mass is 16.2. The molecule has 1 aliphatic heterocycles. The van der Waals surface area contributed by atoms with Gasteiger partial charge in [-0.1, -0.05) is 48.0 Å². The minimum Gasteiger partial charge on any atom is -0.343 e. The zero-order valence-corrected chi connectivity index (χ0v) is 13.9. The van der Waals surface area contributed by atoms with Crippen LogP contribution < -0.4 is 5.32 Å². The zero-order valence-electron chi connectivity index (χ0n) is 13.9. The van der Waals surface area contributed by atoms with Gasteiger partial charge >= 0.3 is 0 Å². The molecular weight excluding hydrogens is 300 g/mol. The van der Waals surface area contributed by atoms with Crippen LogP contribution in [-0.2, 0) is 4.79 Å². The molecule has 0 unspecified atom stereocenters. The number of benzene rings is 2. The Morgan fingerprint density at radius 2 is 1.92 bits per heavy atom. The standard InChI is InChI=1S/C20H22N2O2/c1-15-7-5-10-17(13-15)20(24)21-14-19(23)22-12-6-11-18(22)16-8-3-2-4-9-16/h2-5,7-10,13,18H,6,11-12,14H2,1H3,(H,21,24)/t18-/m1/s1. The van der Waals surface area contributed by atoms with E-state index in [0.29, 0.717) is 5.56 Å². The maximum Gasteiger partial charge on any atom is 0.251 e. The molecule has 1 N–H and O–H groups in total. The number of likely N-dealkylation sites (tertiary alicyclic amines) is 1. The number of hydrogen-bond acceptors (Lipinski definition) is 2. The van der Waals surface area contributed by atoms with E-state index >= 15 is 0 Å². The lowest BCUT2D eigenvalue weighted by atomic mass is 10.0. The fourth-order valence-electron chi connectivity index (χ4n) is 3.23. The highest BCUT2D eigenvalue weighted by Crippen LogP contribution is 2.31. The van der Waals surface area contributed by atoms with Gasteiger partial charge in [0, 0.05) is 12.1 Å². The molecule has 4 nitrogen and oxygen atoms in total. The van der Waals surface area contributed by atoms with Crippen molar-refractivity contribution < 1.29 is 9.59 Å². The Bertz CT molecular complexity index is 727. The molecule has 0 aromatic heterocycles. The summed E-state index contributed by atoms with van der Waals surface area (Å²) < 4.78 is 0. The molecule has 24 heavy (non-hydrogen) atoms. The summed E-state index contributed by atoms with van der Waals surface area (Å²) in [4.78, 5) is 26.6. The van der Waals surface area contributed by atoms with Crippen molar-refractivity contribution in [2.75, 3.05) is 13.1 Å². The Hall–Kier alpha value is -2.62. The van der Waals surface area contributed by atoms with Crippen LogP contribution >= 0.6 is 0 Å². The number of carbonyl (C=O) groups excluding carboxylic acids is 2. The third-order valence-corrected chi connectivity index (χ3v) is 4.44. The number of aryl methyl sites for hydroxylation is 1. The van der Waals surface area contributed by atoms with Gasteiger partial charge in [-0.3, -0.25) is 9.59 Å². The molecule has 2 aromatic rings. The van der Waals surface area contributed by atoms with E-state index in [4.69, 9.17) is 0 Å². The van der Waals surface area contributed by atoms with Gasteiger partial charge in [0.05, 0.1) is 12.6 Å². The molecule has 0 spiro atoms. The van der Waals surface area contributed by atoms with Gasteiger partial charge in [0.15, 0.2) is 0 Å². The van der Waals surface area contributed by atoms with Gasteiger partial charge in [0.2, 0.25) is 5.91 Å². The highest BCUT2D eigenvalue weighted by molar-refractivity contribution is 5.96. The minimum absolute atomic E-state index is 0.0256. The molecule has 0 saturated carbocycles. The molecule has 2 amide bonds. The summed E-state index contributed by atoms with van der Waals surface area (Å²) in [6.45, 7) is 2.73. The largest absolute Gasteiger partial charge is 0.343 e. The Kier molecular flexibility index (Phi) is 4.94. The van der Waals surface area contributed by atoms with Crippen LogP contribution in [0.25, 0.3) is 0 Å². The fraction of sp³-hybridized carbons (Fsp3) is 0.300. The molecule has 1 fully saturated rings. The average Bonchev–Trinajstić information content (AvgIpc) is 3.10. The number of rotatable bonds is 4. The van der Waals surface area contributed by atoms with Crippen LogP contribution in [0.5, 0.6) is 0 Å². The molecular formula is C20H22N2O2. The topological polar surface area (TPSA) is 49.4 Å². The molecule has 3 rings (SSSR count). The molecule has 1 heterocycles. The first-order valence-corrected chi connectivity index (χ1v) is 8.34. The quantitative estimate of drug-likeness (QED) is 0.940. The van der Waals surface area contributed by atoms with Crippen LogP contribution in [0.4, 0.5) is 0 Å². The Morgan fingerprint density at radius 1 is 1.12 bits per heavy atom. The van der Waals surface area contributed by atoms with E-state index in [0.717, 1.165) is 30.5 Å². The van der Waals surface area contributed by atoms with Crippen LogP contribution in [0.1, 0.15) is 40.4 Å². The molecule has 0 bridgehead atoms. The molecule has 1 saturated heterocycles. The first kappa shape index (κ1) is 16.2. The van der Waals surface area contributed by atoms with Crippen molar-refractivity contribution in [3.05, 3.63) is 71.3 Å². The van der Waals surface area contributed by atoms with Gasteiger partial charge in [0.25, 0.3) is 5.91 Å². The van der Waals surface area contributed by atoms with Gasteiger partial charge in [-0.2, -0.15) is 0 Å². The van der Waals surface area contributed by atoms with E-state index in [1.165, 1.54) is 0 Å². The number of carbonyl (C=O) groups is 2. The summed E-state index contributed by atoms with van der Waals surface area (Å²) in [5.74, 6) is -0.232. The molecule has 0 radical (unpaired) electrons. The molecule has 1 aliphatic rings. The smallest absolute Gasteiger partial charge is 0.251 e. The Balaban J connectivity index is 1.61. The van der Waals surface area contributed by atoms with E-state index in [-0.39, 0.29) is 24.4 Å². The van der Waals surface area contributed by atoms with E-state index in [2.05, 4.69) is 17.4 Å². The van der Waals surface area contributed by atoms with Crippen molar-refractivity contribution in [1.29, 1.82) is 0 Å². The summed E-state index contributed by atoms with van der Waals surface area (Å²) in [6, 6.07) is 17.6. The molecule has 1 atom stereocenters. The summed E-state index contributed by atoms with van der Waals surface area (Å²) in [5.41, 5.74) is 2.77. The Morgan fingerprint density at radius 3 is 2.67 bits per heavy atom. The van der Waals surface area contributed by atoms with E-state index < -0.39 is 0 Å². The number of amides is 2. The average molecular weight is 322 g/mol. The minimum atomic E-state index is -0.206. The van der Waals surface area contributed by atoms with Crippen molar-refractivity contribution in [3.63, 3.8) is 0 Å². The van der Waals surface area contributed by atoms with Gasteiger partial charge in [-0.05, 0) is 37.5 Å². The first-order valence-electron chi connectivity index (χ1n) is 8.34. The third-order valence-electron chi connectivity index (χ3n) is 4.44. The fourth-order valence-corrected chi connectivity index (χ4v) is 3.23. The van der Waals surface area contributed by atoms with Gasteiger partial charge in [-0.25, -0.2) is 0 Å². The lowest BCUT2D eigenvalue weighted by molar-refractivity contribution is -0.131. The predicted octanol–water partition coefficient (Wildman–Crippen LogP) is 3.09. The summed E-state index contributed by atoms with van der Waals surface area (Å²) >= 11 is 0. The van der Waals surface area contributed by atoms with Crippen LogP contribution in [-0.4, -0.2) is 29.8 Å². The monoisotopic (exact) mass is 322 g/mol. The van der Waals surface area contributed by atoms with Crippen molar-refractivity contribution in [3.8, 4) is 0 Å². The second kappa shape index (κ2) is 7.30. The van der Waals surface area contributed by atoms with Crippen molar-refractivity contribution in [2.45, 2.75) is 25.8 Å². The third kappa shape index (κ3) is 3.65. The normalized spacial score (nSPS) is 16.9. The maximum absolute atomic E-state index is 12.5. The van der Waals surface area contributed by atoms with Gasteiger partial charge in [-0.15, -0.1) is 0 Å². The number of nitrogens with one attached hydrogen (secondary N) is 1. The number of hydrogen-bond donors (Lipinski definition) is 1. The van der Waals surface area contributed by atoms with Crippen LogP contribution in [0.3, 0.4) is 0 Å². The van der Waals surface area contributed by atoms with Crippen LogP contribution in [0.15, 0.2) is 54.6 Å². The molecule has 4 heteroatoms. The lowest BCUT2D eigenvalue weighted by Gasteiger charge is -2.25. The summed E-state index contributed by atoms with van der Waals surface area (Å²) in [7, 11) is 0. The second-order valence-corrected chi connectivity index (χ2v) is 6.21. The van der Waals surface area contributed by atoms with E-state index in [9.17, 15) is 9.59 Å². The van der Waals surface area contributed by atoms with Crippen molar-refractivity contribution in [1.82, 2.24) is 10.2 Å². The molecule has 0 aliphatic carbocycles. The van der Waals surface area contributed by atoms with E-state index in [1.807, 2.05) is 48.2 Å². The summed E-state index contributed by atoms with van der Waals surface area (Å²) in [5, 5.41) is 2.74. The summed E-state index contributed by atoms with van der Waals surface area (Å²) in [6.07, 6.45) is 1.97. The second-order valence-electron chi connectivity index (χ2n) is 6.21.